The van der Waals surface area contributed by atoms with Gasteiger partial charge in [0.25, 0.3) is 19.2 Å². The summed E-state index contributed by atoms with van der Waals surface area (Å²) < 4.78 is 51.2. The Hall–Kier alpha value is -0.630. The van der Waals surface area contributed by atoms with E-state index in [0.717, 1.165) is 24.3 Å². The monoisotopic (exact) mass is 286 g/mol. The maximum Gasteiger partial charge on any atom is 0.294 e. The molecule has 16 heavy (non-hydrogen) atoms. The van der Waals surface area contributed by atoms with Crippen molar-refractivity contribution in [2.75, 3.05) is 0 Å². The van der Waals surface area contributed by atoms with Gasteiger partial charge in [0.05, 0.1) is 9.79 Å². The fourth-order valence-electron chi connectivity index (χ4n) is 0.774. The molecule has 92 valence electrons. The average Bonchev–Trinajstić information content (AvgIpc) is 2.18. The molecule has 0 amide bonds. The molecule has 0 aliphatic rings. The molecule has 1 aromatic rings. The lowest BCUT2D eigenvalue weighted by atomic mass is 10.4. The molecule has 0 saturated heterocycles. The lowest BCUT2D eigenvalue weighted by Gasteiger charge is -1.97. The van der Waals surface area contributed by atoms with Crippen LogP contribution in [0.5, 0.6) is 0 Å². The standard InChI is InChI=1S/C6H5ClO5S2.C2H6/c7-13(8,9)5-1-3-6(4-2-5)14(10,11)12;1-2/h1-4H,(H,10,11,12);1-2H3. The van der Waals surface area contributed by atoms with Crippen molar-refractivity contribution >= 4 is 29.9 Å². The van der Waals surface area contributed by atoms with E-state index in [1.807, 2.05) is 13.8 Å². The third-order valence-corrected chi connectivity index (χ3v) is 3.64. The Bertz CT molecular complexity index is 479. The fourth-order valence-corrected chi connectivity index (χ4v) is 2.02. The van der Waals surface area contributed by atoms with E-state index in [-0.39, 0.29) is 9.79 Å². The van der Waals surface area contributed by atoms with Crippen LogP contribution < -0.4 is 0 Å². The van der Waals surface area contributed by atoms with E-state index in [9.17, 15) is 16.8 Å². The topological polar surface area (TPSA) is 88.5 Å². The number of benzene rings is 1. The quantitative estimate of drug-likeness (QED) is 0.662. The summed E-state index contributed by atoms with van der Waals surface area (Å²) in [5.74, 6) is 0. The van der Waals surface area contributed by atoms with E-state index in [1.54, 1.807) is 0 Å². The minimum atomic E-state index is -4.30. The predicted molar refractivity (Wildman–Crippen MR) is 60.6 cm³/mol. The largest absolute Gasteiger partial charge is 0.294 e. The van der Waals surface area contributed by atoms with Gasteiger partial charge in [-0.15, -0.1) is 0 Å². The van der Waals surface area contributed by atoms with E-state index in [0.29, 0.717) is 0 Å². The average molecular weight is 287 g/mol. The molecule has 8 heteroatoms. The molecular formula is C8H11ClO5S2. The zero-order chi connectivity index (χ0) is 13.0. The van der Waals surface area contributed by atoms with Gasteiger partial charge in [0.1, 0.15) is 0 Å². The Kier molecular flexibility index (Phi) is 5.40. The van der Waals surface area contributed by atoms with Crippen LogP contribution in [0.15, 0.2) is 34.1 Å². The highest BCUT2D eigenvalue weighted by Gasteiger charge is 2.13. The van der Waals surface area contributed by atoms with Crippen molar-refractivity contribution in [3.05, 3.63) is 24.3 Å². The van der Waals surface area contributed by atoms with Crippen molar-refractivity contribution in [3.8, 4) is 0 Å². The second-order valence-corrected chi connectivity index (χ2v) is 6.37. The van der Waals surface area contributed by atoms with Crippen molar-refractivity contribution in [1.29, 1.82) is 0 Å². The molecule has 0 saturated carbocycles. The zero-order valence-electron chi connectivity index (χ0n) is 8.58. The molecule has 0 spiro atoms. The summed E-state index contributed by atoms with van der Waals surface area (Å²) in [6.07, 6.45) is 0. The Balaban J connectivity index is 0.00000106. The Morgan fingerprint density at radius 3 is 1.50 bits per heavy atom. The number of hydrogen-bond donors (Lipinski definition) is 1. The molecule has 1 rings (SSSR count). The first-order valence-corrected chi connectivity index (χ1v) is 7.98. The van der Waals surface area contributed by atoms with Crippen LogP contribution in [0.4, 0.5) is 0 Å². The van der Waals surface area contributed by atoms with Gasteiger partial charge >= 0.3 is 0 Å². The predicted octanol–water partition coefficient (Wildman–Crippen LogP) is 1.89. The van der Waals surface area contributed by atoms with E-state index in [1.165, 1.54) is 0 Å². The third-order valence-electron chi connectivity index (χ3n) is 1.40. The lowest BCUT2D eigenvalue weighted by Crippen LogP contribution is -1.98. The van der Waals surface area contributed by atoms with Gasteiger partial charge in [-0.25, -0.2) is 8.42 Å². The van der Waals surface area contributed by atoms with Crippen molar-refractivity contribution < 1.29 is 21.4 Å². The third kappa shape index (κ3) is 4.48. The molecule has 0 aromatic heterocycles. The molecule has 0 unspecified atom stereocenters. The maximum atomic E-state index is 10.7. The SMILES string of the molecule is CC.O=S(=O)(O)c1ccc(S(=O)(=O)Cl)cc1. The molecule has 0 bridgehead atoms. The zero-order valence-corrected chi connectivity index (χ0v) is 11.0. The summed E-state index contributed by atoms with van der Waals surface area (Å²) in [7, 11) is -3.19. The first-order valence-electron chi connectivity index (χ1n) is 4.23. The van der Waals surface area contributed by atoms with Crippen LogP contribution in [0.25, 0.3) is 0 Å². The van der Waals surface area contributed by atoms with Gasteiger partial charge in [0, 0.05) is 10.7 Å². The molecule has 0 fully saturated rings. The van der Waals surface area contributed by atoms with Gasteiger partial charge in [-0.05, 0) is 24.3 Å². The van der Waals surface area contributed by atoms with Crippen molar-refractivity contribution in [3.63, 3.8) is 0 Å². The highest BCUT2D eigenvalue weighted by Crippen LogP contribution is 2.17. The van der Waals surface area contributed by atoms with E-state index < -0.39 is 19.2 Å². The van der Waals surface area contributed by atoms with E-state index in [4.69, 9.17) is 15.2 Å². The summed E-state index contributed by atoms with van der Waals surface area (Å²) >= 11 is 0. The van der Waals surface area contributed by atoms with Gasteiger partial charge in [-0.1, -0.05) is 13.8 Å². The molecule has 0 radical (unpaired) electrons. The molecular weight excluding hydrogens is 276 g/mol. The van der Waals surface area contributed by atoms with Crippen LogP contribution in [-0.4, -0.2) is 21.4 Å². The maximum absolute atomic E-state index is 10.7. The first-order chi connectivity index (χ1) is 7.21. The molecule has 1 aromatic carbocycles. The summed E-state index contributed by atoms with van der Waals surface area (Å²) in [5.41, 5.74) is 0. The summed E-state index contributed by atoms with van der Waals surface area (Å²) in [4.78, 5) is -0.617. The minimum absolute atomic E-state index is 0.230. The van der Waals surface area contributed by atoms with Crippen LogP contribution in [-0.2, 0) is 19.2 Å². The Morgan fingerprint density at radius 2 is 1.25 bits per heavy atom. The molecule has 1 N–H and O–H groups in total. The van der Waals surface area contributed by atoms with Gasteiger partial charge < -0.3 is 0 Å². The normalized spacial score (nSPS) is 11.5. The van der Waals surface area contributed by atoms with Crippen molar-refractivity contribution in [1.82, 2.24) is 0 Å². The van der Waals surface area contributed by atoms with Gasteiger partial charge in [0.15, 0.2) is 0 Å². The van der Waals surface area contributed by atoms with Crippen LogP contribution >= 0.6 is 10.7 Å². The second kappa shape index (κ2) is 5.62. The Morgan fingerprint density at radius 1 is 0.938 bits per heavy atom. The van der Waals surface area contributed by atoms with Crippen LogP contribution in [0, 0.1) is 0 Å². The minimum Gasteiger partial charge on any atom is -0.282 e. The summed E-state index contributed by atoms with van der Waals surface area (Å²) in [6, 6.07) is 3.88. The van der Waals surface area contributed by atoms with E-state index in [2.05, 4.69) is 0 Å². The second-order valence-electron chi connectivity index (χ2n) is 2.38. The highest BCUT2D eigenvalue weighted by molar-refractivity contribution is 8.13. The number of halogens is 1. The van der Waals surface area contributed by atoms with E-state index >= 15 is 0 Å². The highest BCUT2D eigenvalue weighted by atomic mass is 35.7. The molecule has 0 atom stereocenters. The number of hydrogen-bond acceptors (Lipinski definition) is 4. The Labute approximate surface area is 99.2 Å². The van der Waals surface area contributed by atoms with Crippen LogP contribution in [0.1, 0.15) is 13.8 Å². The van der Waals surface area contributed by atoms with Gasteiger partial charge in [-0.2, -0.15) is 8.42 Å². The van der Waals surface area contributed by atoms with Crippen molar-refractivity contribution in [2.24, 2.45) is 0 Å². The molecule has 0 aliphatic carbocycles. The van der Waals surface area contributed by atoms with Gasteiger partial charge in [-0.3, -0.25) is 4.55 Å². The van der Waals surface area contributed by atoms with Gasteiger partial charge in [0.2, 0.25) is 0 Å². The summed E-state index contributed by atoms with van der Waals surface area (Å²) in [6.45, 7) is 4.00. The van der Waals surface area contributed by atoms with Crippen molar-refractivity contribution in [2.45, 2.75) is 23.6 Å². The smallest absolute Gasteiger partial charge is 0.282 e. The lowest BCUT2D eigenvalue weighted by molar-refractivity contribution is 0.483. The molecule has 5 nitrogen and oxygen atoms in total. The molecule has 0 aliphatic heterocycles. The fraction of sp³-hybridized carbons (Fsp3) is 0.250. The molecule has 0 heterocycles. The number of rotatable bonds is 2. The van der Waals surface area contributed by atoms with Crippen LogP contribution in [0.3, 0.4) is 0 Å². The first kappa shape index (κ1) is 15.4. The summed E-state index contributed by atoms with van der Waals surface area (Å²) in [5, 5.41) is 0. The van der Waals surface area contributed by atoms with Crippen LogP contribution in [0.2, 0.25) is 0 Å².